The van der Waals surface area contributed by atoms with E-state index in [1.54, 1.807) is 12.3 Å². The van der Waals surface area contributed by atoms with Crippen LogP contribution in [0, 0.1) is 5.82 Å². The minimum absolute atomic E-state index is 0.0616. The van der Waals surface area contributed by atoms with Crippen LogP contribution in [0.4, 0.5) is 4.39 Å². The van der Waals surface area contributed by atoms with Crippen LogP contribution in [0.2, 0.25) is 5.02 Å². The first-order valence-electron chi connectivity index (χ1n) is 6.40. The number of pyridine rings is 1. The summed E-state index contributed by atoms with van der Waals surface area (Å²) in [6.07, 6.45) is 1.97. The van der Waals surface area contributed by atoms with Gasteiger partial charge in [0.15, 0.2) is 6.10 Å². The third kappa shape index (κ3) is 3.46. The zero-order chi connectivity index (χ0) is 14.5. The second-order valence-electron chi connectivity index (χ2n) is 4.44. The molecule has 2 aromatic rings. The number of benzene rings is 1. The summed E-state index contributed by atoms with van der Waals surface area (Å²) < 4.78 is 19.3. The third-order valence-electron chi connectivity index (χ3n) is 2.99. The molecule has 0 bridgehead atoms. The van der Waals surface area contributed by atoms with E-state index >= 15 is 0 Å². The molecular weight excluding hydrogens is 279 g/mol. The smallest absolute Gasteiger partial charge is 0.155 e. The van der Waals surface area contributed by atoms with Gasteiger partial charge < -0.3 is 10.5 Å². The third-order valence-corrected chi connectivity index (χ3v) is 3.30. The molecule has 20 heavy (non-hydrogen) atoms. The van der Waals surface area contributed by atoms with Crippen molar-refractivity contribution in [3.8, 4) is 5.75 Å². The second kappa shape index (κ2) is 6.68. The molecule has 106 valence electrons. The zero-order valence-corrected chi connectivity index (χ0v) is 11.8. The van der Waals surface area contributed by atoms with Crippen molar-refractivity contribution in [2.45, 2.75) is 25.5 Å². The maximum Gasteiger partial charge on any atom is 0.155 e. The molecule has 1 heterocycles. The first-order valence-corrected chi connectivity index (χ1v) is 6.77. The Bertz CT molecular complexity index is 565. The van der Waals surface area contributed by atoms with Crippen LogP contribution in [-0.4, -0.2) is 11.0 Å². The molecular formula is C15H16ClFN2O. The highest BCUT2D eigenvalue weighted by Crippen LogP contribution is 2.27. The van der Waals surface area contributed by atoms with E-state index in [0.717, 1.165) is 12.1 Å². The lowest BCUT2D eigenvalue weighted by atomic mass is 10.1. The van der Waals surface area contributed by atoms with E-state index in [9.17, 15) is 4.39 Å². The number of hydrogen-bond acceptors (Lipinski definition) is 3. The fraction of sp³-hybridized carbons (Fsp3) is 0.267. The fourth-order valence-electron chi connectivity index (χ4n) is 1.82. The highest BCUT2D eigenvalue weighted by Gasteiger charge is 2.22. The minimum Gasteiger partial charge on any atom is -0.482 e. The summed E-state index contributed by atoms with van der Waals surface area (Å²) in [5.74, 6) is -0.138. The quantitative estimate of drug-likeness (QED) is 0.914. The van der Waals surface area contributed by atoms with Gasteiger partial charge in [0.25, 0.3) is 0 Å². The van der Waals surface area contributed by atoms with Gasteiger partial charge in [-0.2, -0.15) is 0 Å². The summed E-state index contributed by atoms with van der Waals surface area (Å²) in [5.41, 5.74) is 6.80. The maximum atomic E-state index is 13.5. The number of ether oxygens (including phenoxy) is 1. The van der Waals surface area contributed by atoms with Gasteiger partial charge in [-0.15, -0.1) is 0 Å². The SMILES string of the molecule is CCC(N)C(Oc1ccc(Cl)c(F)c1)c1ccccn1. The van der Waals surface area contributed by atoms with Crippen LogP contribution >= 0.6 is 11.6 Å². The normalized spacial score (nSPS) is 13.8. The van der Waals surface area contributed by atoms with Gasteiger partial charge in [0.2, 0.25) is 0 Å². The second-order valence-corrected chi connectivity index (χ2v) is 4.85. The molecule has 0 saturated heterocycles. The van der Waals surface area contributed by atoms with Crippen molar-refractivity contribution < 1.29 is 9.13 Å². The first-order chi connectivity index (χ1) is 9.61. The molecule has 0 aliphatic heterocycles. The van der Waals surface area contributed by atoms with Crippen molar-refractivity contribution >= 4 is 11.6 Å². The number of nitrogens with zero attached hydrogens (tertiary/aromatic N) is 1. The Morgan fingerprint density at radius 2 is 2.15 bits per heavy atom. The lowest BCUT2D eigenvalue weighted by Gasteiger charge is -2.23. The van der Waals surface area contributed by atoms with Gasteiger partial charge in [-0.25, -0.2) is 4.39 Å². The lowest BCUT2D eigenvalue weighted by Crippen LogP contribution is -2.32. The molecule has 0 amide bonds. The van der Waals surface area contributed by atoms with Crippen molar-refractivity contribution in [2.24, 2.45) is 5.73 Å². The van der Waals surface area contributed by atoms with Crippen LogP contribution < -0.4 is 10.5 Å². The van der Waals surface area contributed by atoms with Crippen LogP contribution in [0.1, 0.15) is 25.1 Å². The van der Waals surface area contributed by atoms with Crippen molar-refractivity contribution in [3.63, 3.8) is 0 Å². The average Bonchev–Trinajstić information content (AvgIpc) is 2.48. The summed E-state index contributed by atoms with van der Waals surface area (Å²) in [5, 5.41) is 0.0616. The summed E-state index contributed by atoms with van der Waals surface area (Å²) in [7, 11) is 0. The van der Waals surface area contributed by atoms with Crippen LogP contribution in [0.5, 0.6) is 5.75 Å². The van der Waals surface area contributed by atoms with Gasteiger partial charge in [0.05, 0.1) is 10.7 Å². The molecule has 1 aromatic carbocycles. The van der Waals surface area contributed by atoms with Crippen molar-refractivity contribution in [2.75, 3.05) is 0 Å². The Morgan fingerprint density at radius 3 is 2.75 bits per heavy atom. The Hall–Kier alpha value is -1.65. The molecule has 0 spiro atoms. The molecule has 2 rings (SSSR count). The number of hydrogen-bond donors (Lipinski definition) is 1. The average molecular weight is 295 g/mol. The molecule has 5 heteroatoms. The highest BCUT2D eigenvalue weighted by atomic mass is 35.5. The van der Waals surface area contributed by atoms with E-state index in [-0.39, 0.29) is 11.1 Å². The molecule has 0 aliphatic rings. The number of halogens is 2. The van der Waals surface area contributed by atoms with Crippen molar-refractivity contribution in [1.82, 2.24) is 4.98 Å². The summed E-state index contributed by atoms with van der Waals surface area (Å²) in [6, 6.07) is 9.61. The lowest BCUT2D eigenvalue weighted by molar-refractivity contribution is 0.166. The van der Waals surface area contributed by atoms with Crippen LogP contribution in [0.15, 0.2) is 42.6 Å². The molecule has 1 aromatic heterocycles. The molecule has 0 radical (unpaired) electrons. The monoisotopic (exact) mass is 294 g/mol. The fourth-order valence-corrected chi connectivity index (χ4v) is 1.94. The Labute approximate surface area is 122 Å². The van der Waals surface area contributed by atoms with Gasteiger partial charge in [-0.1, -0.05) is 24.6 Å². The van der Waals surface area contributed by atoms with Gasteiger partial charge in [0.1, 0.15) is 11.6 Å². The van der Waals surface area contributed by atoms with Crippen LogP contribution in [-0.2, 0) is 0 Å². The summed E-state index contributed by atoms with van der Waals surface area (Å²) in [4.78, 5) is 4.26. The van der Waals surface area contributed by atoms with Crippen molar-refractivity contribution in [1.29, 1.82) is 0 Å². The first kappa shape index (κ1) is 14.8. The largest absolute Gasteiger partial charge is 0.482 e. The predicted molar refractivity (Wildman–Crippen MR) is 77.3 cm³/mol. The summed E-state index contributed by atoms with van der Waals surface area (Å²) >= 11 is 5.66. The van der Waals surface area contributed by atoms with Crippen LogP contribution in [0.3, 0.4) is 0 Å². The number of aromatic nitrogens is 1. The van der Waals surface area contributed by atoms with E-state index < -0.39 is 11.9 Å². The molecule has 0 fully saturated rings. The van der Waals surface area contributed by atoms with Gasteiger partial charge >= 0.3 is 0 Å². The minimum atomic E-state index is -0.519. The molecule has 3 nitrogen and oxygen atoms in total. The number of rotatable bonds is 5. The topological polar surface area (TPSA) is 48.1 Å². The van der Waals surface area contributed by atoms with Gasteiger partial charge in [-0.05, 0) is 30.7 Å². The molecule has 2 atom stereocenters. The van der Waals surface area contributed by atoms with Gasteiger partial charge in [-0.3, -0.25) is 4.98 Å². The Balaban J connectivity index is 2.26. The highest BCUT2D eigenvalue weighted by molar-refractivity contribution is 6.30. The molecule has 0 aliphatic carbocycles. The number of nitrogens with two attached hydrogens (primary N) is 1. The standard InChI is InChI=1S/C15H16ClFN2O/c1-2-13(18)15(14-5-3-4-8-19-14)20-10-6-7-11(16)12(17)9-10/h3-9,13,15H,2,18H2,1H3. The predicted octanol–water partition coefficient (Wildman–Crippen LogP) is 3.73. The zero-order valence-electron chi connectivity index (χ0n) is 11.1. The maximum absolute atomic E-state index is 13.5. The van der Waals surface area contributed by atoms with E-state index in [0.29, 0.717) is 5.75 Å². The van der Waals surface area contributed by atoms with Crippen LogP contribution in [0.25, 0.3) is 0 Å². The van der Waals surface area contributed by atoms with E-state index in [1.165, 1.54) is 12.1 Å². The van der Waals surface area contributed by atoms with E-state index in [1.807, 2.05) is 25.1 Å². The molecule has 2 unspecified atom stereocenters. The van der Waals surface area contributed by atoms with E-state index in [2.05, 4.69) is 4.98 Å². The van der Waals surface area contributed by atoms with Gasteiger partial charge in [0, 0.05) is 18.3 Å². The van der Waals surface area contributed by atoms with Crippen molar-refractivity contribution in [3.05, 3.63) is 59.1 Å². The Morgan fingerprint density at radius 1 is 1.35 bits per heavy atom. The Kier molecular flexibility index (Phi) is 4.93. The van der Waals surface area contributed by atoms with E-state index in [4.69, 9.17) is 22.1 Å². The molecule has 0 saturated carbocycles. The molecule has 2 N–H and O–H groups in total. The summed E-state index contributed by atoms with van der Waals surface area (Å²) in [6.45, 7) is 1.96.